The van der Waals surface area contributed by atoms with E-state index >= 15 is 0 Å². The van der Waals surface area contributed by atoms with Gasteiger partial charge in [0.05, 0.1) is 4.92 Å². The summed E-state index contributed by atoms with van der Waals surface area (Å²) in [5.74, 6) is 1.79. The fraction of sp³-hybridized carbons (Fsp3) is 0.444. The van der Waals surface area contributed by atoms with Gasteiger partial charge < -0.3 is 19.7 Å². The minimum Gasteiger partial charge on any atom is -0.486 e. The molecule has 9 nitrogen and oxygen atoms in total. The van der Waals surface area contributed by atoms with Crippen LogP contribution in [0.1, 0.15) is 26.2 Å². The van der Waals surface area contributed by atoms with Gasteiger partial charge in [0.2, 0.25) is 11.6 Å². The Labute approximate surface area is 156 Å². The zero-order valence-corrected chi connectivity index (χ0v) is 15.1. The molecule has 4 rings (SSSR count). The first-order valence-corrected chi connectivity index (χ1v) is 9.06. The molecular weight excluding hydrogens is 350 g/mol. The van der Waals surface area contributed by atoms with Crippen molar-refractivity contribution in [1.29, 1.82) is 0 Å². The summed E-state index contributed by atoms with van der Waals surface area (Å²) in [6.45, 7) is 3.80. The molecule has 0 bridgehead atoms. The van der Waals surface area contributed by atoms with Gasteiger partial charge in [-0.2, -0.15) is 0 Å². The van der Waals surface area contributed by atoms with Gasteiger partial charge in [-0.3, -0.25) is 10.1 Å². The lowest BCUT2D eigenvalue weighted by atomic mass is 10.0. The van der Waals surface area contributed by atoms with E-state index in [0.717, 1.165) is 25.8 Å². The molecule has 3 heterocycles. The third-order valence-electron chi connectivity index (χ3n) is 4.87. The number of hydrogen-bond donors (Lipinski definition) is 1. The van der Waals surface area contributed by atoms with Crippen LogP contribution in [0.2, 0.25) is 0 Å². The molecule has 2 aliphatic rings. The number of rotatable bonds is 4. The number of nitrogens with one attached hydrogen (secondary N) is 1. The lowest BCUT2D eigenvalue weighted by Crippen LogP contribution is -2.38. The first-order valence-electron chi connectivity index (χ1n) is 9.06. The summed E-state index contributed by atoms with van der Waals surface area (Å²) in [7, 11) is 0. The molecule has 0 amide bonds. The highest BCUT2D eigenvalue weighted by atomic mass is 16.6. The van der Waals surface area contributed by atoms with Gasteiger partial charge in [0.1, 0.15) is 19.5 Å². The summed E-state index contributed by atoms with van der Waals surface area (Å²) in [6, 6.07) is 5.51. The fourth-order valence-electron chi connectivity index (χ4n) is 3.51. The molecule has 9 heteroatoms. The number of nitrogens with zero attached hydrogens (tertiary/aromatic N) is 4. The third kappa shape index (κ3) is 3.44. The molecular formula is C18H21N5O4. The number of nitro groups is 1. The van der Waals surface area contributed by atoms with Crippen LogP contribution in [0.15, 0.2) is 24.5 Å². The Balaban J connectivity index is 1.68. The Hall–Kier alpha value is -3.10. The standard InChI is InChI=1S/C18H21N5O4/c1-12-4-2-3-7-22(12)18-16(23(24)25)17(19-11-20-18)21-13-5-6-14-15(10-13)27-9-8-26-14/h5-6,10-12H,2-4,7-9H2,1H3,(H,19,20,21). The average Bonchev–Trinajstić information content (AvgIpc) is 2.68. The molecule has 2 aromatic rings. The van der Waals surface area contributed by atoms with Crippen molar-refractivity contribution in [3.05, 3.63) is 34.6 Å². The number of piperidine rings is 1. The molecule has 142 valence electrons. The summed E-state index contributed by atoms with van der Waals surface area (Å²) < 4.78 is 11.1. The molecule has 0 radical (unpaired) electrons. The minimum absolute atomic E-state index is 0.110. The number of hydrogen-bond acceptors (Lipinski definition) is 8. The van der Waals surface area contributed by atoms with Gasteiger partial charge in [-0.1, -0.05) is 0 Å². The van der Waals surface area contributed by atoms with E-state index in [9.17, 15) is 10.1 Å². The monoisotopic (exact) mass is 371 g/mol. The van der Waals surface area contributed by atoms with Crippen molar-refractivity contribution in [1.82, 2.24) is 9.97 Å². The quantitative estimate of drug-likeness (QED) is 0.645. The Bertz CT molecular complexity index is 860. The van der Waals surface area contributed by atoms with Crippen LogP contribution in [0.5, 0.6) is 11.5 Å². The van der Waals surface area contributed by atoms with E-state index in [4.69, 9.17) is 9.47 Å². The van der Waals surface area contributed by atoms with Crippen molar-refractivity contribution in [2.45, 2.75) is 32.2 Å². The average molecular weight is 371 g/mol. The minimum atomic E-state index is -0.420. The molecule has 2 aliphatic heterocycles. The number of aromatic nitrogens is 2. The number of benzene rings is 1. The van der Waals surface area contributed by atoms with Gasteiger partial charge in [-0.15, -0.1) is 0 Å². The molecule has 1 aromatic carbocycles. The van der Waals surface area contributed by atoms with E-state index in [-0.39, 0.29) is 17.5 Å². The van der Waals surface area contributed by atoms with Gasteiger partial charge in [0.15, 0.2) is 11.5 Å². The fourth-order valence-corrected chi connectivity index (χ4v) is 3.51. The van der Waals surface area contributed by atoms with Crippen molar-refractivity contribution >= 4 is 23.0 Å². The predicted molar refractivity (Wildman–Crippen MR) is 100 cm³/mol. The van der Waals surface area contributed by atoms with Crippen LogP contribution in [-0.2, 0) is 0 Å². The smallest absolute Gasteiger partial charge is 0.353 e. The van der Waals surface area contributed by atoms with Crippen LogP contribution in [-0.4, -0.2) is 40.7 Å². The second-order valence-electron chi connectivity index (χ2n) is 6.67. The molecule has 0 aliphatic carbocycles. The Morgan fingerprint density at radius 3 is 2.81 bits per heavy atom. The van der Waals surface area contributed by atoms with Crippen molar-refractivity contribution in [3.8, 4) is 11.5 Å². The zero-order chi connectivity index (χ0) is 18.8. The van der Waals surface area contributed by atoms with Gasteiger partial charge in [0, 0.05) is 24.3 Å². The highest BCUT2D eigenvalue weighted by molar-refractivity contribution is 5.75. The second kappa shape index (κ2) is 7.26. The van der Waals surface area contributed by atoms with Crippen LogP contribution < -0.4 is 19.7 Å². The van der Waals surface area contributed by atoms with Crippen LogP contribution in [0.4, 0.5) is 23.0 Å². The molecule has 1 atom stereocenters. The van der Waals surface area contributed by atoms with E-state index in [0.29, 0.717) is 36.2 Å². The Morgan fingerprint density at radius 2 is 2.04 bits per heavy atom. The van der Waals surface area contributed by atoms with Crippen molar-refractivity contribution in [2.75, 3.05) is 30.0 Å². The van der Waals surface area contributed by atoms with Gasteiger partial charge >= 0.3 is 5.69 Å². The summed E-state index contributed by atoms with van der Waals surface area (Å²) in [5.41, 5.74) is 0.528. The topological polar surface area (TPSA) is 103 Å². The van der Waals surface area contributed by atoms with Gasteiger partial charge in [-0.05, 0) is 38.3 Å². The Kier molecular flexibility index (Phi) is 4.66. The first kappa shape index (κ1) is 17.3. The largest absolute Gasteiger partial charge is 0.486 e. The van der Waals surface area contributed by atoms with Gasteiger partial charge in [0.25, 0.3) is 0 Å². The molecule has 1 fully saturated rings. The van der Waals surface area contributed by atoms with E-state index in [1.807, 2.05) is 4.90 Å². The summed E-state index contributed by atoms with van der Waals surface area (Å²) in [5, 5.41) is 14.9. The van der Waals surface area contributed by atoms with Crippen molar-refractivity contribution in [3.63, 3.8) is 0 Å². The van der Waals surface area contributed by atoms with E-state index in [1.165, 1.54) is 6.33 Å². The second-order valence-corrected chi connectivity index (χ2v) is 6.67. The maximum atomic E-state index is 11.8. The third-order valence-corrected chi connectivity index (χ3v) is 4.87. The maximum Gasteiger partial charge on any atom is 0.353 e. The Morgan fingerprint density at radius 1 is 1.22 bits per heavy atom. The van der Waals surface area contributed by atoms with E-state index in [1.54, 1.807) is 18.2 Å². The number of fused-ring (bicyclic) bond motifs is 1. The van der Waals surface area contributed by atoms with Crippen LogP contribution in [0.25, 0.3) is 0 Å². The van der Waals surface area contributed by atoms with Crippen LogP contribution in [0.3, 0.4) is 0 Å². The summed E-state index contributed by atoms with van der Waals surface area (Å²) in [6.07, 6.45) is 4.48. The molecule has 0 saturated carbocycles. The highest BCUT2D eigenvalue weighted by Gasteiger charge is 2.31. The summed E-state index contributed by atoms with van der Waals surface area (Å²) >= 11 is 0. The van der Waals surface area contributed by atoms with Crippen LogP contribution in [0, 0.1) is 10.1 Å². The van der Waals surface area contributed by atoms with Crippen LogP contribution >= 0.6 is 0 Å². The normalized spacial score (nSPS) is 18.9. The molecule has 1 aromatic heterocycles. The van der Waals surface area contributed by atoms with E-state index in [2.05, 4.69) is 22.2 Å². The molecule has 0 spiro atoms. The summed E-state index contributed by atoms with van der Waals surface area (Å²) in [4.78, 5) is 21.8. The maximum absolute atomic E-state index is 11.8. The SMILES string of the molecule is CC1CCCCN1c1ncnc(Nc2ccc3c(c2)OCCO3)c1[N+](=O)[O-]. The lowest BCUT2D eigenvalue weighted by Gasteiger charge is -2.33. The lowest BCUT2D eigenvalue weighted by molar-refractivity contribution is -0.383. The number of ether oxygens (including phenoxy) is 2. The zero-order valence-electron chi connectivity index (χ0n) is 15.1. The van der Waals surface area contributed by atoms with Gasteiger partial charge in [-0.25, -0.2) is 9.97 Å². The molecule has 27 heavy (non-hydrogen) atoms. The highest BCUT2D eigenvalue weighted by Crippen LogP contribution is 2.38. The molecule has 1 N–H and O–H groups in total. The molecule has 1 saturated heterocycles. The molecule has 1 unspecified atom stereocenters. The first-order chi connectivity index (χ1) is 13.1. The predicted octanol–water partition coefficient (Wildman–Crippen LogP) is 3.28. The van der Waals surface area contributed by atoms with E-state index < -0.39 is 4.92 Å². The van der Waals surface area contributed by atoms with Crippen molar-refractivity contribution in [2.24, 2.45) is 0 Å². The number of anilines is 3. The van der Waals surface area contributed by atoms with Crippen molar-refractivity contribution < 1.29 is 14.4 Å².